The van der Waals surface area contributed by atoms with Crippen molar-refractivity contribution in [1.82, 2.24) is 9.97 Å². The standard InChI is InChI=1S/C17H13ClN2O4/c1-23-16(21)10-2-3-14(18)11(8-10)9-24-17(22)13-5-7-20-15-12(13)4-6-19-15/h2-8H,9H2,1H3,(H,19,20). The van der Waals surface area contributed by atoms with E-state index in [1.54, 1.807) is 36.5 Å². The van der Waals surface area contributed by atoms with Crippen LogP contribution in [0.15, 0.2) is 42.7 Å². The fraction of sp³-hybridized carbons (Fsp3) is 0.118. The Balaban J connectivity index is 1.79. The summed E-state index contributed by atoms with van der Waals surface area (Å²) in [4.78, 5) is 30.9. The van der Waals surface area contributed by atoms with Gasteiger partial charge >= 0.3 is 11.9 Å². The Labute approximate surface area is 142 Å². The first-order valence-electron chi connectivity index (χ1n) is 7.06. The lowest BCUT2D eigenvalue weighted by Gasteiger charge is -2.09. The van der Waals surface area contributed by atoms with E-state index in [0.717, 1.165) is 0 Å². The molecule has 0 bridgehead atoms. The van der Waals surface area contributed by atoms with Crippen LogP contribution in [0.1, 0.15) is 26.3 Å². The summed E-state index contributed by atoms with van der Waals surface area (Å²) in [6.07, 6.45) is 3.23. The molecule has 24 heavy (non-hydrogen) atoms. The molecule has 0 radical (unpaired) electrons. The molecule has 6 nitrogen and oxygen atoms in total. The van der Waals surface area contributed by atoms with E-state index in [0.29, 0.717) is 32.7 Å². The van der Waals surface area contributed by atoms with E-state index in [4.69, 9.17) is 16.3 Å². The van der Waals surface area contributed by atoms with E-state index in [-0.39, 0.29) is 6.61 Å². The van der Waals surface area contributed by atoms with Gasteiger partial charge in [0.05, 0.1) is 18.2 Å². The molecule has 0 spiro atoms. The van der Waals surface area contributed by atoms with Crippen molar-refractivity contribution in [3.8, 4) is 0 Å². The molecule has 2 aromatic heterocycles. The minimum atomic E-state index is -0.499. The van der Waals surface area contributed by atoms with Crippen molar-refractivity contribution in [3.05, 3.63) is 64.4 Å². The van der Waals surface area contributed by atoms with Crippen LogP contribution in [-0.2, 0) is 16.1 Å². The van der Waals surface area contributed by atoms with Crippen molar-refractivity contribution in [2.45, 2.75) is 6.61 Å². The Bertz CT molecular complexity index is 920. The van der Waals surface area contributed by atoms with Crippen LogP contribution < -0.4 is 0 Å². The number of nitrogens with zero attached hydrogens (tertiary/aromatic N) is 1. The van der Waals surface area contributed by atoms with Gasteiger partial charge in [-0.3, -0.25) is 0 Å². The van der Waals surface area contributed by atoms with Crippen LogP contribution in [-0.4, -0.2) is 29.0 Å². The molecule has 0 unspecified atom stereocenters. The molecule has 1 aromatic carbocycles. The van der Waals surface area contributed by atoms with Crippen LogP contribution in [0.3, 0.4) is 0 Å². The van der Waals surface area contributed by atoms with E-state index >= 15 is 0 Å². The molecule has 0 amide bonds. The molecule has 1 N–H and O–H groups in total. The minimum absolute atomic E-state index is 0.0588. The summed E-state index contributed by atoms with van der Waals surface area (Å²) >= 11 is 6.09. The van der Waals surface area contributed by atoms with Gasteiger partial charge in [-0.25, -0.2) is 14.6 Å². The summed E-state index contributed by atoms with van der Waals surface area (Å²) in [5, 5.41) is 1.08. The average Bonchev–Trinajstić information content (AvgIpc) is 3.08. The molecule has 0 aliphatic carbocycles. The monoisotopic (exact) mass is 344 g/mol. The van der Waals surface area contributed by atoms with Gasteiger partial charge in [-0.05, 0) is 30.3 Å². The van der Waals surface area contributed by atoms with Gasteiger partial charge in [0.2, 0.25) is 0 Å². The summed E-state index contributed by atoms with van der Waals surface area (Å²) in [7, 11) is 1.29. The number of pyridine rings is 1. The van der Waals surface area contributed by atoms with Gasteiger partial charge in [0.1, 0.15) is 12.3 Å². The molecule has 3 aromatic rings. The van der Waals surface area contributed by atoms with E-state index in [2.05, 4.69) is 14.7 Å². The normalized spacial score (nSPS) is 10.6. The van der Waals surface area contributed by atoms with Gasteiger partial charge in [0, 0.05) is 28.4 Å². The van der Waals surface area contributed by atoms with Gasteiger partial charge in [-0.15, -0.1) is 0 Å². The quantitative estimate of drug-likeness (QED) is 0.734. The van der Waals surface area contributed by atoms with Crippen molar-refractivity contribution in [2.75, 3.05) is 7.11 Å². The van der Waals surface area contributed by atoms with Gasteiger partial charge < -0.3 is 14.5 Å². The number of esters is 2. The summed E-state index contributed by atoms with van der Waals surface area (Å²) in [5.74, 6) is -0.982. The number of halogens is 1. The molecule has 0 saturated carbocycles. The van der Waals surface area contributed by atoms with Crippen LogP contribution in [0.25, 0.3) is 11.0 Å². The molecule has 122 valence electrons. The lowest BCUT2D eigenvalue weighted by Crippen LogP contribution is -2.07. The Morgan fingerprint density at radius 3 is 2.83 bits per heavy atom. The Morgan fingerprint density at radius 2 is 2.04 bits per heavy atom. The number of ether oxygens (including phenoxy) is 2. The summed E-state index contributed by atoms with van der Waals surface area (Å²) in [6, 6.07) is 7.99. The maximum Gasteiger partial charge on any atom is 0.339 e. The zero-order valence-electron chi connectivity index (χ0n) is 12.7. The number of rotatable bonds is 4. The minimum Gasteiger partial charge on any atom is -0.465 e. The van der Waals surface area contributed by atoms with Gasteiger partial charge in [0.15, 0.2) is 0 Å². The number of carbonyl (C=O) groups excluding carboxylic acids is 2. The van der Waals surface area contributed by atoms with Crippen LogP contribution in [0.2, 0.25) is 5.02 Å². The number of methoxy groups -OCH3 is 1. The smallest absolute Gasteiger partial charge is 0.339 e. The first kappa shape index (κ1) is 16.0. The third kappa shape index (κ3) is 3.09. The Kier molecular flexibility index (Phi) is 4.48. The van der Waals surface area contributed by atoms with E-state index in [9.17, 15) is 9.59 Å². The zero-order valence-corrected chi connectivity index (χ0v) is 13.5. The first-order valence-corrected chi connectivity index (χ1v) is 7.44. The summed E-state index contributed by atoms with van der Waals surface area (Å²) < 4.78 is 9.99. The second kappa shape index (κ2) is 6.72. The molecule has 0 saturated heterocycles. The maximum absolute atomic E-state index is 12.3. The molecule has 0 atom stereocenters. The molecular formula is C17H13ClN2O4. The molecule has 0 aliphatic heterocycles. The van der Waals surface area contributed by atoms with E-state index in [1.165, 1.54) is 13.3 Å². The van der Waals surface area contributed by atoms with Gasteiger partial charge in [0.25, 0.3) is 0 Å². The number of aromatic amines is 1. The van der Waals surface area contributed by atoms with Crippen molar-refractivity contribution in [2.24, 2.45) is 0 Å². The largest absolute Gasteiger partial charge is 0.465 e. The van der Waals surface area contributed by atoms with Crippen molar-refractivity contribution >= 4 is 34.6 Å². The molecule has 3 rings (SSSR count). The van der Waals surface area contributed by atoms with Crippen molar-refractivity contribution in [1.29, 1.82) is 0 Å². The predicted molar refractivity (Wildman–Crippen MR) is 88.0 cm³/mol. The Morgan fingerprint density at radius 1 is 1.21 bits per heavy atom. The predicted octanol–water partition coefficient (Wildman–Crippen LogP) is 3.36. The SMILES string of the molecule is COC(=O)c1ccc(Cl)c(COC(=O)c2ccnc3[nH]ccc23)c1. The highest BCUT2D eigenvalue weighted by molar-refractivity contribution is 6.31. The summed E-state index contributed by atoms with van der Waals surface area (Å²) in [5.41, 5.74) is 1.87. The zero-order chi connectivity index (χ0) is 17.1. The number of aromatic nitrogens is 2. The molecule has 7 heteroatoms. The molecule has 0 aliphatic rings. The number of benzene rings is 1. The van der Waals surface area contributed by atoms with E-state index < -0.39 is 11.9 Å². The third-order valence-corrected chi connectivity index (χ3v) is 3.87. The molecule has 2 heterocycles. The first-order chi connectivity index (χ1) is 11.6. The summed E-state index contributed by atoms with van der Waals surface area (Å²) in [6.45, 7) is -0.0588. The van der Waals surface area contributed by atoms with Gasteiger partial charge in [-0.1, -0.05) is 11.6 Å². The number of hydrogen-bond donors (Lipinski definition) is 1. The second-order valence-electron chi connectivity index (χ2n) is 4.97. The van der Waals surface area contributed by atoms with Crippen LogP contribution in [0.4, 0.5) is 0 Å². The lowest BCUT2D eigenvalue weighted by molar-refractivity contribution is 0.0475. The maximum atomic E-state index is 12.3. The highest BCUT2D eigenvalue weighted by atomic mass is 35.5. The molecular weight excluding hydrogens is 332 g/mol. The lowest BCUT2D eigenvalue weighted by atomic mass is 10.1. The number of fused-ring (bicyclic) bond motifs is 1. The number of H-pyrrole nitrogens is 1. The van der Waals surface area contributed by atoms with Crippen molar-refractivity contribution < 1.29 is 19.1 Å². The second-order valence-corrected chi connectivity index (χ2v) is 5.38. The van der Waals surface area contributed by atoms with Crippen LogP contribution >= 0.6 is 11.6 Å². The number of nitrogens with one attached hydrogen (secondary N) is 1. The van der Waals surface area contributed by atoms with E-state index in [1.807, 2.05) is 0 Å². The van der Waals surface area contributed by atoms with Crippen LogP contribution in [0.5, 0.6) is 0 Å². The fourth-order valence-corrected chi connectivity index (χ4v) is 2.46. The number of carbonyl (C=O) groups is 2. The Hall–Kier alpha value is -2.86. The van der Waals surface area contributed by atoms with Gasteiger partial charge in [-0.2, -0.15) is 0 Å². The van der Waals surface area contributed by atoms with Crippen LogP contribution in [0, 0.1) is 0 Å². The fourth-order valence-electron chi connectivity index (χ4n) is 2.29. The number of hydrogen-bond acceptors (Lipinski definition) is 5. The third-order valence-electron chi connectivity index (χ3n) is 3.51. The average molecular weight is 345 g/mol. The highest BCUT2D eigenvalue weighted by Gasteiger charge is 2.15. The topological polar surface area (TPSA) is 81.3 Å². The highest BCUT2D eigenvalue weighted by Crippen LogP contribution is 2.21. The molecule has 0 fully saturated rings. The van der Waals surface area contributed by atoms with Crippen molar-refractivity contribution in [3.63, 3.8) is 0 Å².